The number of hydrogen-bond donors (Lipinski definition) is 8. The molecular weight excluding hydrogens is 614 g/mol. The van der Waals surface area contributed by atoms with Gasteiger partial charge in [0.05, 0.1) is 31.5 Å². The van der Waals surface area contributed by atoms with Crippen LogP contribution in [0.5, 0.6) is 17.2 Å². The lowest BCUT2D eigenvalue weighted by molar-refractivity contribution is -0.277. The van der Waals surface area contributed by atoms with Crippen molar-refractivity contribution < 1.29 is 54.4 Å². The maximum atomic E-state index is 14.3. The molecule has 1 aliphatic carbocycles. The number of hydrogen-bond acceptors (Lipinski definition) is 12. The molecular formula is C33H37N3O11. The van der Waals surface area contributed by atoms with Gasteiger partial charge in [-0.15, -0.1) is 0 Å². The van der Waals surface area contributed by atoms with Crippen LogP contribution in [0.15, 0.2) is 47.5 Å². The molecule has 1 fully saturated rings. The number of aliphatic hydroxyl groups is 5. The Morgan fingerprint density at radius 2 is 1.66 bits per heavy atom. The highest BCUT2D eigenvalue weighted by atomic mass is 16.7. The van der Waals surface area contributed by atoms with Gasteiger partial charge in [0, 0.05) is 41.9 Å². The van der Waals surface area contributed by atoms with Gasteiger partial charge in [-0.1, -0.05) is 30.3 Å². The number of rotatable bonds is 10. The van der Waals surface area contributed by atoms with Crippen molar-refractivity contribution in [1.82, 2.24) is 5.32 Å². The fourth-order valence-electron chi connectivity index (χ4n) is 5.91. The van der Waals surface area contributed by atoms with Gasteiger partial charge in [-0.3, -0.25) is 14.6 Å². The number of nitrogens with zero attached hydrogens (tertiary/aromatic N) is 1. The first-order chi connectivity index (χ1) is 22.6. The van der Waals surface area contributed by atoms with E-state index < -0.39 is 61.2 Å². The summed E-state index contributed by atoms with van der Waals surface area (Å²) in [5, 5.41) is 65.6. The van der Waals surface area contributed by atoms with Crippen molar-refractivity contribution in [3.63, 3.8) is 0 Å². The molecule has 5 rings (SSSR count). The van der Waals surface area contributed by atoms with Crippen molar-refractivity contribution >= 4 is 17.5 Å². The van der Waals surface area contributed by atoms with Gasteiger partial charge in [0.15, 0.2) is 11.7 Å². The van der Waals surface area contributed by atoms with Gasteiger partial charge >= 0.3 is 0 Å². The largest absolute Gasteiger partial charge is 0.507 e. The van der Waals surface area contributed by atoms with Gasteiger partial charge in [0.1, 0.15) is 41.7 Å². The number of aromatic hydroxyl groups is 1. The van der Waals surface area contributed by atoms with E-state index in [9.17, 15) is 40.2 Å². The highest BCUT2D eigenvalue weighted by molar-refractivity contribution is 6.31. The number of carbonyl (C=O) groups excluding carboxylic acids is 2. The van der Waals surface area contributed by atoms with Crippen molar-refractivity contribution in [1.29, 1.82) is 0 Å². The molecule has 0 amide bonds. The van der Waals surface area contributed by atoms with Crippen LogP contribution in [0, 0.1) is 0 Å². The zero-order valence-electron chi connectivity index (χ0n) is 25.7. The first-order valence-corrected chi connectivity index (χ1v) is 14.8. The molecule has 5 unspecified atom stereocenters. The van der Waals surface area contributed by atoms with Crippen LogP contribution in [-0.4, -0.2) is 99.6 Å². The van der Waals surface area contributed by atoms with Crippen molar-refractivity contribution in [3.05, 3.63) is 87.0 Å². The third-order valence-electron chi connectivity index (χ3n) is 8.46. The number of ketones is 2. The Kier molecular flexibility index (Phi) is 10.1. The summed E-state index contributed by atoms with van der Waals surface area (Å²) in [6, 6.07) is 12.3. The minimum atomic E-state index is -1.84. The summed E-state index contributed by atoms with van der Waals surface area (Å²) in [5.74, 6) is -2.29. The zero-order chi connectivity index (χ0) is 34.0. The van der Waals surface area contributed by atoms with E-state index in [0.29, 0.717) is 24.0 Å². The van der Waals surface area contributed by atoms with Gasteiger partial charge in [-0.25, -0.2) is 0 Å². The van der Waals surface area contributed by atoms with Gasteiger partial charge in [0.2, 0.25) is 12.1 Å². The summed E-state index contributed by atoms with van der Waals surface area (Å²) in [5.41, 5.74) is 6.70. The molecule has 9 N–H and O–H groups in total. The summed E-state index contributed by atoms with van der Waals surface area (Å²) in [6.07, 6.45) is -7.39. The Morgan fingerprint density at radius 1 is 0.936 bits per heavy atom. The number of nitrogens with two attached hydrogens (primary N) is 1. The number of phenols is 1. The van der Waals surface area contributed by atoms with Gasteiger partial charge in [-0.2, -0.15) is 0 Å². The van der Waals surface area contributed by atoms with Crippen LogP contribution in [-0.2, 0) is 30.7 Å². The highest BCUT2D eigenvalue weighted by Gasteiger charge is 2.46. The van der Waals surface area contributed by atoms with Gasteiger partial charge < -0.3 is 55.9 Å². The molecule has 1 aliphatic heterocycles. The van der Waals surface area contributed by atoms with Crippen LogP contribution >= 0.6 is 0 Å². The number of methoxy groups -OCH3 is 1. The fourth-order valence-corrected chi connectivity index (χ4v) is 5.91. The first-order valence-electron chi connectivity index (χ1n) is 14.8. The van der Waals surface area contributed by atoms with Gasteiger partial charge in [0.25, 0.3) is 0 Å². The van der Waals surface area contributed by atoms with E-state index in [2.05, 4.69) is 10.3 Å². The van der Waals surface area contributed by atoms with Crippen molar-refractivity contribution in [2.75, 3.05) is 20.8 Å². The molecule has 0 aromatic heterocycles. The Balaban J connectivity index is 1.65. The summed E-state index contributed by atoms with van der Waals surface area (Å²) in [6.45, 7) is -1.46. The molecule has 2 aliphatic rings. The number of aliphatic hydroxyl groups excluding tert-OH is 5. The normalized spacial score (nSPS) is 22.4. The zero-order valence-corrected chi connectivity index (χ0v) is 25.7. The summed E-state index contributed by atoms with van der Waals surface area (Å²) in [7, 11) is 2.76. The Morgan fingerprint density at radius 3 is 2.30 bits per heavy atom. The topological polar surface area (TPSA) is 234 Å². The fraction of sp³-hybridized carbons (Fsp3) is 0.364. The average Bonchev–Trinajstić information content (AvgIpc) is 3.08. The molecule has 0 saturated carbocycles. The third kappa shape index (κ3) is 6.26. The van der Waals surface area contributed by atoms with E-state index in [1.54, 1.807) is 0 Å². The summed E-state index contributed by atoms with van der Waals surface area (Å²) < 4.78 is 16.7. The smallest absolute Gasteiger partial charge is 0.229 e. The molecule has 14 nitrogen and oxygen atoms in total. The molecule has 3 aromatic rings. The van der Waals surface area contributed by atoms with Crippen LogP contribution < -0.4 is 20.5 Å². The number of benzene rings is 3. The van der Waals surface area contributed by atoms with Crippen molar-refractivity contribution in [2.24, 2.45) is 10.7 Å². The van der Waals surface area contributed by atoms with Crippen LogP contribution in [0.4, 0.5) is 0 Å². The Labute approximate surface area is 269 Å². The standard InChI is InChI=1S/C33H37N3O11/c1-35-33(34)36-12-18-16(9-8-15-6-4-3-5-7-15)10-17-24(27(18)40)29(42)25-21(11-20(45-2)19(13-37)23(25)26(17)39)46-32-31(44)30(43)28(41)22(14-38)47-32/h3-7,10-11,22,28,30-32,37-38,40-41,43-44H,8-9,12-14H2,1-2H3,(H3,34,35,36). The predicted octanol–water partition coefficient (Wildman–Crippen LogP) is -0.333. The number of phenolic OH excluding ortho intramolecular Hbond substituents is 1. The van der Waals surface area contributed by atoms with E-state index in [1.807, 2.05) is 30.3 Å². The lowest BCUT2D eigenvalue weighted by Crippen LogP contribution is -2.60. The van der Waals surface area contributed by atoms with E-state index >= 15 is 0 Å². The molecule has 3 aromatic carbocycles. The van der Waals surface area contributed by atoms with E-state index in [4.69, 9.17) is 19.9 Å². The SMILES string of the molecule is CN=C(N)NCc1c(CCc2ccccc2)cc2c(c1O)C(=O)c1c(OC3OC(CO)C(O)C(O)C3O)cc(OC)c(CO)c1C2=O. The van der Waals surface area contributed by atoms with E-state index in [0.717, 1.165) is 5.56 Å². The second kappa shape index (κ2) is 14.0. The van der Waals surface area contributed by atoms with Crippen LogP contribution in [0.25, 0.3) is 0 Å². The van der Waals surface area contributed by atoms with Crippen molar-refractivity contribution in [2.45, 2.75) is 56.7 Å². The lowest BCUT2D eigenvalue weighted by Gasteiger charge is -2.40. The third-order valence-corrected chi connectivity index (χ3v) is 8.46. The number of nitrogens with one attached hydrogen (secondary N) is 1. The number of ether oxygens (including phenoxy) is 3. The number of carbonyl (C=O) groups is 2. The number of fused-ring (bicyclic) bond motifs is 2. The minimum absolute atomic E-state index is 0.0179. The van der Waals surface area contributed by atoms with E-state index in [1.165, 1.54) is 26.3 Å². The molecule has 0 radical (unpaired) electrons. The maximum Gasteiger partial charge on any atom is 0.229 e. The molecule has 14 heteroatoms. The maximum absolute atomic E-state index is 14.3. The van der Waals surface area contributed by atoms with Crippen molar-refractivity contribution in [3.8, 4) is 17.2 Å². The van der Waals surface area contributed by atoms with Crippen LogP contribution in [0.1, 0.15) is 54.1 Å². The Bertz CT molecular complexity index is 1690. The Hall–Kier alpha value is -4.57. The molecule has 0 bridgehead atoms. The molecule has 1 heterocycles. The monoisotopic (exact) mass is 651 g/mol. The van der Waals surface area contributed by atoms with Crippen LogP contribution in [0.3, 0.4) is 0 Å². The highest BCUT2D eigenvalue weighted by Crippen LogP contribution is 2.44. The van der Waals surface area contributed by atoms with Crippen LogP contribution in [0.2, 0.25) is 0 Å². The quantitative estimate of drug-likeness (QED) is 0.0811. The van der Waals surface area contributed by atoms with E-state index in [-0.39, 0.29) is 51.8 Å². The predicted molar refractivity (Wildman–Crippen MR) is 167 cm³/mol. The number of guanidine groups is 1. The minimum Gasteiger partial charge on any atom is -0.507 e. The molecule has 5 atom stereocenters. The summed E-state index contributed by atoms with van der Waals surface area (Å²) in [4.78, 5) is 32.5. The van der Waals surface area contributed by atoms with Gasteiger partial charge in [-0.05, 0) is 30.0 Å². The average molecular weight is 652 g/mol. The molecule has 250 valence electrons. The number of aliphatic imine (C=N–C) groups is 1. The second-order valence-electron chi connectivity index (χ2n) is 11.2. The molecule has 0 spiro atoms. The summed E-state index contributed by atoms with van der Waals surface area (Å²) >= 11 is 0. The molecule has 1 saturated heterocycles. The first kappa shape index (κ1) is 33.8. The lowest BCUT2D eigenvalue weighted by atomic mass is 9.78. The number of aryl methyl sites for hydroxylation is 2. The molecule has 47 heavy (non-hydrogen) atoms. The second-order valence-corrected chi connectivity index (χ2v) is 11.2.